The molecule has 0 spiro atoms. The zero-order valence-corrected chi connectivity index (χ0v) is 10.2. The molecule has 2 unspecified atom stereocenters. The molecule has 1 saturated carbocycles. The van der Waals surface area contributed by atoms with E-state index in [9.17, 15) is 9.90 Å². The summed E-state index contributed by atoms with van der Waals surface area (Å²) in [6, 6.07) is 3.40. The van der Waals surface area contributed by atoms with Crippen molar-refractivity contribution in [3.05, 3.63) is 24.0 Å². The van der Waals surface area contributed by atoms with E-state index >= 15 is 0 Å². The highest BCUT2D eigenvalue weighted by Gasteiger charge is 2.23. The second-order valence-electron chi connectivity index (χ2n) is 4.70. The van der Waals surface area contributed by atoms with Crippen LogP contribution in [0.2, 0.25) is 0 Å². The number of anilines is 1. The molecule has 1 fully saturated rings. The van der Waals surface area contributed by atoms with E-state index in [4.69, 9.17) is 5.11 Å². The molecule has 5 nitrogen and oxygen atoms in total. The molecule has 1 aliphatic carbocycles. The smallest absolute Gasteiger partial charge is 0.356 e. The van der Waals surface area contributed by atoms with E-state index in [-0.39, 0.29) is 17.7 Å². The molecule has 1 heterocycles. The predicted octanol–water partition coefficient (Wildman–Crippen LogP) is 1.74. The fourth-order valence-corrected chi connectivity index (χ4v) is 2.39. The lowest BCUT2D eigenvalue weighted by Gasteiger charge is -2.28. The highest BCUT2D eigenvalue weighted by Crippen LogP contribution is 2.25. The first-order valence-corrected chi connectivity index (χ1v) is 6.28. The molecule has 2 atom stereocenters. The van der Waals surface area contributed by atoms with Gasteiger partial charge in [-0.1, -0.05) is 12.8 Å². The van der Waals surface area contributed by atoms with E-state index in [0.717, 1.165) is 25.7 Å². The van der Waals surface area contributed by atoms with Crippen molar-refractivity contribution in [2.45, 2.75) is 31.8 Å². The van der Waals surface area contributed by atoms with Gasteiger partial charge < -0.3 is 15.5 Å². The molecule has 0 aromatic carbocycles. The molecule has 0 radical (unpaired) electrons. The average molecular weight is 250 g/mol. The van der Waals surface area contributed by atoms with Crippen molar-refractivity contribution in [1.29, 1.82) is 0 Å². The first-order chi connectivity index (χ1) is 8.68. The van der Waals surface area contributed by atoms with Crippen LogP contribution < -0.4 is 5.32 Å². The van der Waals surface area contributed by atoms with Crippen LogP contribution in [0.25, 0.3) is 0 Å². The fourth-order valence-electron chi connectivity index (χ4n) is 2.39. The van der Waals surface area contributed by atoms with Crippen LogP contribution in [-0.4, -0.2) is 33.8 Å². The molecular formula is C13H18N2O3. The molecule has 98 valence electrons. The van der Waals surface area contributed by atoms with Crippen molar-refractivity contribution in [1.82, 2.24) is 4.98 Å². The molecule has 0 amide bonds. The number of aliphatic hydroxyl groups excluding tert-OH is 1. The lowest BCUT2D eigenvalue weighted by molar-refractivity contribution is 0.0691. The Labute approximate surface area is 106 Å². The van der Waals surface area contributed by atoms with Crippen molar-refractivity contribution in [2.24, 2.45) is 5.92 Å². The molecular weight excluding hydrogens is 232 g/mol. The second kappa shape index (κ2) is 5.82. The predicted molar refractivity (Wildman–Crippen MR) is 67.7 cm³/mol. The third-order valence-corrected chi connectivity index (χ3v) is 3.43. The van der Waals surface area contributed by atoms with Crippen LogP contribution in [0.1, 0.15) is 36.2 Å². The average Bonchev–Trinajstić information content (AvgIpc) is 2.38. The number of pyridine rings is 1. The van der Waals surface area contributed by atoms with Crippen molar-refractivity contribution < 1.29 is 15.0 Å². The Balaban J connectivity index is 1.99. The maximum Gasteiger partial charge on any atom is 0.356 e. The van der Waals surface area contributed by atoms with Crippen LogP contribution in [-0.2, 0) is 0 Å². The number of nitrogens with one attached hydrogen (secondary N) is 1. The van der Waals surface area contributed by atoms with Crippen LogP contribution in [0.5, 0.6) is 0 Å². The van der Waals surface area contributed by atoms with Gasteiger partial charge in [0, 0.05) is 18.7 Å². The van der Waals surface area contributed by atoms with Gasteiger partial charge >= 0.3 is 5.97 Å². The van der Waals surface area contributed by atoms with Crippen LogP contribution in [0.4, 0.5) is 5.69 Å². The van der Waals surface area contributed by atoms with E-state index in [1.807, 2.05) is 0 Å². The van der Waals surface area contributed by atoms with Gasteiger partial charge in [-0.15, -0.1) is 0 Å². The summed E-state index contributed by atoms with van der Waals surface area (Å²) in [4.78, 5) is 14.8. The van der Waals surface area contributed by atoms with Gasteiger partial charge in [-0.05, 0) is 25.0 Å². The zero-order chi connectivity index (χ0) is 13.0. The quantitative estimate of drug-likeness (QED) is 0.758. The Morgan fingerprint density at radius 1 is 1.44 bits per heavy atom. The number of aliphatic hydroxyl groups is 1. The first kappa shape index (κ1) is 12.8. The summed E-state index contributed by atoms with van der Waals surface area (Å²) in [5.41, 5.74) is 0.547. The van der Waals surface area contributed by atoms with Gasteiger partial charge in [-0.3, -0.25) is 0 Å². The summed E-state index contributed by atoms with van der Waals surface area (Å²) >= 11 is 0. The SMILES string of the molecule is O=C(O)c1ncccc1NCC1CCCCC1O. The number of carboxylic acids is 1. The van der Waals surface area contributed by atoms with Gasteiger partial charge in [0.1, 0.15) is 0 Å². The number of rotatable bonds is 4. The summed E-state index contributed by atoms with van der Waals surface area (Å²) in [6.07, 6.45) is 5.20. The highest BCUT2D eigenvalue weighted by atomic mass is 16.4. The normalized spacial score (nSPS) is 23.6. The number of hydrogen-bond acceptors (Lipinski definition) is 4. The lowest BCUT2D eigenvalue weighted by atomic mass is 9.86. The highest BCUT2D eigenvalue weighted by molar-refractivity contribution is 5.91. The van der Waals surface area contributed by atoms with Gasteiger partial charge in [-0.25, -0.2) is 9.78 Å². The Morgan fingerprint density at radius 3 is 2.94 bits per heavy atom. The van der Waals surface area contributed by atoms with Crippen LogP contribution >= 0.6 is 0 Å². The van der Waals surface area contributed by atoms with Crippen molar-refractivity contribution in [3.8, 4) is 0 Å². The van der Waals surface area contributed by atoms with E-state index in [0.29, 0.717) is 12.2 Å². The number of carbonyl (C=O) groups is 1. The number of hydrogen-bond donors (Lipinski definition) is 3. The topological polar surface area (TPSA) is 82.5 Å². The van der Waals surface area contributed by atoms with Gasteiger partial charge in [0.15, 0.2) is 5.69 Å². The molecule has 18 heavy (non-hydrogen) atoms. The van der Waals surface area contributed by atoms with Crippen LogP contribution in [0.15, 0.2) is 18.3 Å². The Kier molecular flexibility index (Phi) is 4.15. The second-order valence-corrected chi connectivity index (χ2v) is 4.70. The van der Waals surface area contributed by atoms with Crippen molar-refractivity contribution in [2.75, 3.05) is 11.9 Å². The largest absolute Gasteiger partial charge is 0.476 e. The molecule has 3 N–H and O–H groups in total. The first-order valence-electron chi connectivity index (χ1n) is 6.28. The zero-order valence-electron chi connectivity index (χ0n) is 10.2. The molecule has 1 aromatic heterocycles. The maximum atomic E-state index is 11.0. The van der Waals surface area contributed by atoms with Gasteiger partial charge in [-0.2, -0.15) is 0 Å². The van der Waals surface area contributed by atoms with Gasteiger partial charge in [0.25, 0.3) is 0 Å². The van der Waals surface area contributed by atoms with E-state index in [1.165, 1.54) is 6.20 Å². The molecule has 0 bridgehead atoms. The van der Waals surface area contributed by atoms with E-state index in [1.54, 1.807) is 12.1 Å². The molecule has 5 heteroatoms. The van der Waals surface area contributed by atoms with E-state index < -0.39 is 5.97 Å². The number of aromatic nitrogens is 1. The monoisotopic (exact) mass is 250 g/mol. The number of aromatic carboxylic acids is 1. The minimum atomic E-state index is -1.04. The third kappa shape index (κ3) is 2.98. The summed E-state index contributed by atoms with van der Waals surface area (Å²) in [5.74, 6) is -0.845. The summed E-state index contributed by atoms with van der Waals surface area (Å²) in [6.45, 7) is 0.590. The molecule has 1 aliphatic rings. The summed E-state index contributed by atoms with van der Waals surface area (Å²) < 4.78 is 0. The number of carboxylic acid groups (broad SMARTS) is 1. The lowest BCUT2D eigenvalue weighted by Crippen LogP contribution is -2.30. The molecule has 2 rings (SSSR count). The summed E-state index contributed by atoms with van der Waals surface area (Å²) in [7, 11) is 0. The number of nitrogens with zero attached hydrogens (tertiary/aromatic N) is 1. The third-order valence-electron chi connectivity index (χ3n) is 3.43. The summed E-state index contributed by atoms with van der Waals surface area (Å²) in [5, 5.41) is 21.9. The molecule has 0 aliphatic heterocycles. The molecule has 1 aromatic rings. The van der Waals surface area contributed by atoms with Crippen LogP contribution in [0.3, 0.4) is 0 Å². The standard InChI is InChI=1S/C13H18N2O3/c16-11-6-2-1-4-9(11)8-15-10-5-3-7-14-12(10)13(17)18/h3,5,7,9,11,15-16H,1-2,4,6,8H2,(H,17,18). The Bertz CT molecular complexity index is 422. The minimum Gasteiger partial charge on any atom is -0.476 e. The Hall–Kier alpha value is -1.62. The molecule has 0 saturated heterocycles. The van der Waals surface area contributed by atoms with Crippen molar-refractivity contribution >= 4 is 11.7 Å². The van der Waals surface area contributed by atoms with Crippen LogP contribution in [0, 0.1) is 5.92 Å². The maximum absolute atomic E-state index is 11.0. The van der Waals surface area contributed by atoms with E-state index in [2.05, 4.69) is 10.3 Å². The Morgan fingerprint density at radius 2 is 2.22 bits per heavy atom. The fraction of sp³-hybridized carbons (Fsp3) is 0.538. The van der Waals surface area contributed by atoms with Crippen molar-refractivity contribution in [3.63, 3.8) is 0 Å². The van der Waals surface area contributed by atoms with Gasteiger partial charge in [0.2, 0.25) is 0 Å². The minimum absolute atomic E-state index is 0.0304. The van der Waals surface area contributed by atoms with Gasteiger partial charge in [0.05, 0.1) is 11.8 Å².